The number of rotatable bonds is 7. The third kappa shape index (κ3) is 6.19. The molecule has 2 saturated heterocycles. The number of carbonyl (C=O) groups is 2. The highest BCUT2D eigenvalue weighted by molar-refractivity contribution is 5.96. The Hall–Kier alpha value is -2.95. The number of likely N-dealkylation sites (tertiary alicyclic amines) is 1. The van der Waals surface area contributed by atoms with Crippen molar-refractivity contribution in [2.45, 2.75) is 69.4 Å². The Morgan fingerprint density at radius 3 is 2.34 bits per heavy atom. The van der Waals surface area contributed by atoms with Crippen LogP contribution in [0.5, 0.6) is 0 Å². The van der Waals surface area contributed by atoms with Gasteiger partial charge in [0.2, 0.25) is 5.91 Å². The molecule has 1 aliphatic carbocycles. The average molecular weight is 532 g/mol. The Bertz CT molecular complexity index is 1150. The van der Waals surface area contributed by atoms with Gasteiger partial charge in [-0.3, -0.25) is 14.5 Å². The Labute approximate surface area is 219 Å². The minimum atomic E-state index is -4.53. The fraction of sp³-hybridized carbons (Fsp3) is 0.500. The molecule has 2 heterocycles. The zero-order chi connectivity index (χ0) is 26.9. The SMILES string of the molecule is CC1OC(c2cccc([C@H]3CC[C@@H](N4CC(NC(=O)CNC(=O)c5cccc(C(F)(F)F)c5)C4)CC3)c2)O1. The summed E-state index contributed by atoms with van der Waals surface area (Å²) in [5, 5.41) is 5.29. The predicted octanol–water partition coefficient (Wildman–Crippen LogP) is 4.35. The summed E-state index contributed by atoms with van der Waals surface area (Å²) in [6.45, 7) is 3.11. The van der Waals surface area contributed by atoms with Gasteiger partial charge < -0.3 is 20.1 Å². The third-order valence-electron chi connectivity index (χ3n) is 7.63. The number of ether oxygens (including phenoxy) is 2. The van der Waals surface area contributed by atoms with Crippen LogP contribution >= 0.6 is 0 Å². The zero-order valence-corrected chi connectivity index (χ0v) is 21.2. The molecule has 10 heteroatoms. The molecule has 0 spiro atoms. The number of amides is 2. The Morgan fingerprint density at radius 2 is 1.66 bits per heavy atom. The molecule has 3 aliphatic rings. The monoisotopic (exact) mass is 531 g/mol. The van der Waals surface area contributed by atoms with E-state index in [1.807, 2.05) is 13.0 Å². The van der Waals surface area contributed by atoms with Gasteiger partial charge in [-0.1, -0.05) is 30.3 Å². The first-order valence-electron chi connectivity index (χ1n) is 13.1. The molecule has 7 nitrogen and oxygen atoms in total. The highest BCUT2D eigenvalue weighted by Crippen LogP contribution is 2.38. The lowest BCUT2D eigenvalue weighted by molar-refractivity contribution is -0.382. The first-order chi connectivity index (χ1) is 18.2. The van der Waals surface area contributed by atoms with Crippen LogP contribution in [0.25, 0.3) is 0 Å². The van der Waals surface area contributed by atoms with Crippen molar-refractivity contribution in [2.75, 3.05) is 19.6 Å². The molecular formula is C28H32F3N3O4. The smallest absolute Gasteiger partial charge is 0.349 e. The van der Waals surface area contributed by atoms with E-state index in [0.717, 1.165) is 56.5 Å². The standard InChI is InChI=1S/C28H32F3N3O4/c1-17-37-27(38-17)21-6-2-4-19(12-21)18-8-10-24(11-9-18)34-15-23(16-34)33-25(35)14-32-26(36)20-5-3-7-22(13-20)28(29,30)31/h2-7,12-13,17-18,23-24,27H,8-11,14-16H2,1H3,(H,32,36)(H,33,35)/t17?,18-,24+,27?. The van der Waals surface area contributed by atoms with Crippen LogP contribution in [0.2, 0.25) is 0 Å². The van der Waals surface area contributed by atoms with Gasteiger partial charge in [0.15, 0.2) is 12.6 Å². The molecule has 3 fully saturated rings. The summed E-state index contributed by atoms with van der Waals surface area (Å²) >= 11 is 0. The summed E-state index contributed by atoms with van der Waals surface area (Å²) in [4.78, 5) is 26.8. The molecule has 0 radical (unpaired) electrons. The van der Waals surface area contributed by atoms with Crippen LogP contribution in [0, 0.1) is 0 Å². The minimum absolute atomic E-state index is 0.00670. The van der Waals surface area contributed by atoms with Crippen molar-refractivity contribution >= 4 is 11.8 Å². The summed E-state index contributed by atoms with van der Waals surface area (Å²) in [6, 6.07) is 13.1. The molecule has 2 aromatic rings. The van der Waals surface area contributed by atoms with Crippen molar-refractivity contribution in [3.8, 4) is 0 Å². The van der Waals surface area contributed by atoms with E-state index in [1.165, 1.54) is 17.7 Å². The lowest BCUT2D eigenvalue weighted by Gasteiger charge is -2.46. The Morgan fingerprint density at radius 1 is 0.974 bits per heavy atom. The maximum atomic E-state index is 12.9. The van der Waals surface area contributed by atoms with Crippen molar-refractivity contribution in [2.24, 2.45) is 0 Å². The normalized spacial score (nSPS) is 26.2. The van der Waals surface area contributed by atoms with Crippen molar-refractivity contribution in [1.82, 2.24) is 15.5 Å². The lowest BCUT2D eigenvalue weighted by atomic mass is 9.80. The summed E-state index contributed by atoms with van der Waals surface area (Å²) in [7, 11) is 0. The Balaban J connectivity index is 1.01. The molecule has 38 heavy (non-hydrogen) atoms. The van der Waals surface area contributed by atoms with Gasteiger partial charge in [0.1, 0.15) is 0 Å². The maximum Gasteiger partial charge on any atom is 0.416 e. The number of alkyl halides is 3. The van der Waals surface area contributed by atoms with Gasteiger partial charge in [-0.25, -0.2) is 0 Å². The van der Waals surface area contributed by atoms with Crippen LogP contribution < -0.4 is 10.6 Å². The summed E-state index contributed by atoms with van der Waals surface area (Å²) < 4.78 is 49.8. The first-order valence-corrected chi connectivity index (χ1v) is 13.1. The quantitative estimate of drug-likeness (QED) is 0.556. The van der Waals surface area contributed by atoms with Gasteiger partial charge in [0.05, 0.1) is 18.2 Å². The summed E-state index contributed by atoms with van der Waals surface area (Å²) in [6.07, 6.45) is -0.548. The van der Waals surface area contributed by atoms with Gasteiger partial charge in [0.25, 0.3) is 5.91 Å². The Kier molecular flexibility index (Phi) is 7.74. The van der Waals surface area contributed by atoms with E-state index >= 15 is 0 Å². The second kappa shape index (κ2) is 11.0. The summed E-state index contributed by atoms with van der Waals surface area (Å²) in [5.41, 5.74) is 1.35. The molecule has 2 aliphatic heterocycles. The highest BCUT2D eigenvalue weighted by Gasteiger charge is 2.36. The third-order valence-corrected chi connectivity index (χ3v) is 7.63. The molecule has 0 aromatic heterocycles. The molecule has 2 aromatic carbocycles. The molecule has 204 valence electrons. The second-order valence-corrected chi connectivity index (χ2v) is 10.3. The molecule has 0 bridgehead atoms. The number of hydrogen-bond acceptors (Lipinski definition) is 5. The molecular weight excluding hydrogens is 499 g/mol. The number of nitrogens with zero attached hydrogens (tertiary/aromatic N) is 1. The van der Waals surface area contributed by atoms with Crippen molar-refractivity contribution in [3.63, 3.8) is 0 Å². The molecule has 0 atom stereocenters. The number of halogens is 3. The van der Waals surface area contributed by atoms with Crippen molar-refractivity contribution in [1.29, 1.82) is 0 Å². The van der Waals surface area contributed by atoms with Crippen molar-refractivity contribution < 1.29 is 32.2 Å². The van der Waals surface area contributed by atoms with Crippen LogP contribution in [0.4, 0.5) is 13.2 Å². The van der Waals surface area contributed by atoms with Crippen LogP contribution in [-0.2, 0) is 20.4 Å². The van der Waals surface area contributed by atoms with Gasteiger partial charge in [-0.05, 0) is 62.3 Å². The molecule has 0 unspecified atom stereocenters. The van der Waals surface area contributed by atoms with Crippen LogP contribution in [0.15, 0.2) is 48.5 Å². The molecule has 5 rings (SSSR count). The van der Waals surface area contributed by atoms with Crippen LogP contribution in [0.1, 0.15) is 71.9 Å². The fourth-order valence-corrected chi connectivity index (χ4v) is 5.53. The lowest BCUT2D eigenvalue weighted by Crippen LogP contribution is -2.63. The largest absolute Gasteiger partial charge is 0.416 e. The van der Waals surface area contributed by atoms with Gasteiger partial charge in [-0.2, -0.15) is 13.2 Å². The average Bonchev–Trinajstić information content (AvgIpc) is 2.87. The van der Waals surface area contributed by atoms with E-state index in [9.17, 15) is 22.8 Å². The van der Waals surface area contributed by atoms with E-state index in [-0.39, 0.29) is 36.6 Å². The molecule has 2 N–H and O–H groups in total. The summed E-state index contributed by atoms with van der Waals surface area (Å²) in [5.74, 6) is -0.556. The van der Waals surface area contributed by atoms with Gasteiger partial charge in [0, 0.05) is 30.3 Å². The number of carbonyl (C=O) groups excluding carboxylic acids is 2. The number of hydrogen-bond donors (Lipinski definition) is 2. The van der Waals surface area contributed by atoms with Gasteiger partial charge in [-0.15, -0.1) is 0 Å². The van der Waals surface area contributed by atoms with Crippen LogP contribution in [-0.4, -0.2) is 54.7 Å². The van der Waals surface area contributed by atoms with E-state index in [0.29, 0.717) is 12.0 Å². The number of benzene rings is 2. The second-order valence-electron chi connectivity index (χ2n) is 10.3. The molecule has 2 amide bonds. The minimum Gasteiger partial charge on any atom is -0.349 e. The highest BCUT2D eigenvalue weighted by atomic mass is 19.4. The topological polar surface area (TPSA) is 79.9 Å². The maximum absolute atomic E-state index is 12.9. The van der Waals surface area contributed by atoms with E-state index in [1.54, 1.807) is 0 Å². The van der Waals surface area contributed by atoms with E-state index in [2.05, 4.69) is 33.7 Å². The fourth-order valence-electron chi connectivity index (χ4n) is 5.53. The zero-order valence-electron chi connectivity index (χ0n) is 21.2. The van der Waals surface area contributed by atoms with Crippen molar-refractivity contribution in [3.05, 3.63) is 70.8 Å². The van der Waals surface area contributed by atoms with Crippen LogP contribution in [0.3, 0.4) is 0 Å². The van der Waals surface area contributed by atoms with Gasteiger partial charge >= 0.3 is 6.18 Å². The van der Waals surface area contributed by atoms with E-state index in [4.69, 9.17) is 9.47 Å². The van der Waals surface area contributed by atoms with E-state index < -0.39 is 17.6 Å². The first kappa shape index (κ1) is 26.6. The predicted molar refractivity (Wildman–Crippen MR) is 133 cm³/mol. The number of nitrogens with one attached hydrogen (secondary N) is 2. The molecule has 1 saturated carbocycles.